The van der Waals surface area contributed by atoms with E-state index in [1.54, 1.807) is 6.20 Å². The fourth-order valence-corrected chi connectivity index (χ4v) is 2.32. The highest BCUT2D eigenvalue weighted by Gasteiger charge is 2.11. The van der Waals surface area contributed by atoms with Crippen molar-refractivity contribution >= 4 is 17.3 Å². The van der Waals surface area contributed by atoms with Crippen LogP contribution in [-0.4, -0.2) is 20.6 Å². The maximum atomic E-state index is 11.7. The lowest BCUT2D eigenvalue weighted by Gasteiger charge is -2.02. The molecule has 0 aliphatic heterocycles. The van der Waals surface area contributed by atoms with Crippen LogP contribution < -0.4 is 5.56 Å². The van der Waals surface area contributed by atoms with Gasteiger partial charge in [0.15, 0.2) is 5.13 Å². The highest BCUT2D eigenvalue weighted by atomic mass is 32.1. The molecule has 2 rings (SSSR count). The van der Waals surface area contributed by atoms with Gasteiger partial charge in [-0.15, -0.1) is 11.3 Å². The quantitative estimate of drug-likeness (QED) is 0.921. The molecule has 0 aliphatic carbocycles. The first kappa shape index (κ1) is 12.5. The van der Waals surface area contributed by atoms with Crippen molar-refractivity contribution in [2.75, 3.05) is 0 Å². The first-order valence-electron chi connectivity index (χ1n) is 5.41. The first-order valence-corrected chi connectivity index (χ1v) is 6.23. The standard InChI is InChI=1S/C12H12N2O3S/c1-7(2)9-5-13-12(18-9)14-6-8(11(16)17)3-4-10(14)15/h3-7H,1-2H3,(H,16,17). The molecule has 0 atom stereocenters. The molecule has 6 heteroatoms. The number of carboxylic acid groups (broad SMARTS) is 1. The van der Waals surface area contributed by atoms with Crippen LogP contribution in [-0.2, 0) is 0 Å². The van der Waals surface area contributed by atoms with Crippen LogP contribution >= 0.6 is 11.3 Å². The molecule has 0 bridgehead atoms. The minimum atomic E-state index is -1.07. The van der Waals surface area contributed by atoms with Gasteiger partial charge in [-0.05, 0) is 12.0 Å². The van der Waals surface area contributed by atoms with Gasteiger partial charge in [-0.2, -0.15) is 0 Å². The minimum Gasteiger partial charge on any atom is -0.478 e. The van der Waals surface area contributed by atoms with E-state index in [0.717, 1.165) is 4.88 Å². The van der Waals surface area contributed by atoms with Gasteiger partial charge in [0.05, 0.1) is 5.56 Å². The molecule has 0 saturated carbocycles. The monoisotopic (exact) mass is 264 g/mol. The van der Waals surface area contributed by atoms with Crippen LogP contribution in [0, 0.1) is 0 Å². The number of thiazole rings is 1. The normalized spacial score (nSPS) is 10.8. The first-order chi connectivity index (χ1) is 8.49. The van der Waals surface area contributed by atoms with Gasteiger partial charge in [-0.25, -0.2) is 9.78 Å². The van der Waals surface area contributed by atoms with Crippen molar-refractivity contribution in [3.05, 3.63) is 45.3 Å². The van der Waals surface area contributed by atoms with Crippen molar-refractivity contribution in [2.45, 2.75) is 19.8 Å². The Balaban J connectivity index is 2.52. The van der Waals surface area contributed by atoms with Gasteiger partial charge in [0.1, 0.15) is 0 Å². The number of aromatic carboxylic acids is 1. The maximum absolute atomic E-state index is 11.7. The van der Waals surface area contributed by atoms with Crippen molar-refractivity contribution in [3.8, 4) is 5.13 Å². The molecular formula is C12H12N2O3S. The predicted octanol–water partition coefficient (Wildman–Crippen LogP) is 2.12. The summed E-state index contributed by atoms with van der Waals surface area (Å²) in [5.41, 5.74) is -0.222. The molecule has 2 aromatic rings. The van der Waals surface area contributed by atoms with Crippen LogP contribution in [0.15, 0.2) is 29.3 Å². The summed E-state index contributed by atoms with van der Waals surface area (Å²) >= 11 is 1.39. The van der Waals surface area contributed by atoms with E-state index < -0.39 is 5.97 Å². The molecule has 94 valence electrons. The SMILES string of the molecule is CC(C)c1cnc(-n2cc(C(=O)O)ccc2=O)s1. The summed E-state index contributed by atoms with van der Waals surface area (Å²) < 4.78 is 1.26. The van der Waals surface area contributed by atoms with Crippen LogP contribution in [0.1, 0.15) is 35.0 Å². The van der Waals surface area contributed by atoms with Crippen LogP contribution in [0.4, 0.5) is 0 Å². The number of carboxylic acids is 1. The van der Waals surface area contributed by atoms with Crippen LogP contribution in [0.25, 0.3) is 5.13 Å². The number of aromatic nitrogens is 2. The van der Waals surface area contributed by atoms with Gasteiger partial charge in [0, 0.05) is 23.3 Å². The van der Waals surface area contributed by atoms with Gasteiger partial charge in [0.25, 0.3) is 5.56 Å². The van der Waals surface area contributed by atoms with Gasteiger partial charge in [0.2, 0.25) is 0 Å². The highest BCUT2D eigenvalue weighted by molar-refractivity contribution is 7.14. The Morgan fingerprint density at radius 1 is 1.44 bits per heavy atom. The van der Waals surface area contributed by atoms with Crippen molar-refractivity contribution < 1.29 is 9.90 Å². The average molecular weight is 264 g/mol. The van der Waals surface area contributed by atoms with Gasteiger partial charge in [-0.1, -0.05) is 13.8 Å². The molecule has 0 spiro atoms. The lowest BCUT2D eigenvalue weighted by atomic mass is 10.2. The molecule has 5 nitrogen and oxygen atoms in total. The molecule has 0 aliphatic rings. The Bertz CT molecular complexity index is 643. The Labute approximate surface area is 107 Å². The van der Waals surface area contributed by atoms with Crippen molar-refractivity contribution in [2.24, 2.45) is 0 Å². The molecule has 0 radical (unpaired) electrons. The molecule has 0 saturated heterocycles. The minimum absolute atomic E-state index is 0.0656. The summed E-state index contributed by atoms with van der Waals surface area (Å²) in [4.78, 5) is 27.8. The Hall–Kier alpha value is -1.95. The van der Waals surface area contributed by atoms with E-state index in [-0.39, 0.29) is 11.1 Å². The fraction of sp³-hybridized carbons (Fsp3) is 0.250. The van der Waals surface area contributed by atoms with Gasteiger partial charge >= 0.3 is 5.97 Å². The lowest BCUT2D eigenvalue weighted by molar-refractivity contribution is 0.0696. The average Bonchev–Trinajstić information content (AvgIpc) is 2.78. The lowest BCUT2D eigenvalue weighted by Crippen LogP contribution is -2.18. The second-order valence-electron chi connectivity index (χ2n) is 4.13. The van der Waals surface area contributed by atoms with Crippen LogP contribution in [0.3, 0.4) is 0 Å². The largest absolute Gasteiger partial charge is 0.478 e. The Morgan fingerprint density at radius 3 is 2.72 bits per heavy atom. The number of hydrogen-bond acceptors (Lipinski definition) is 4. The topological polar surface area (TPSA) is 72.2 Å². The molecule has 0 aromatic carbocycles. The highest BCUT2D eigenvalue weighted by Crippen LogP contribution is 2.23. The van der Waals surface area contributed by atoms with E-state index in [1.807, 2.05) is 13.8 Å². The van der Waals surface area contributed by atoms with Crippen molar-refractivity contribution in [1.29, 1.82) is 0 Å². The number of hydrogen-bond donors (Lipinski definition) is 1. The molecule has 18 heavy (non-hydrogen) atoms. The summed E-state index contributed by atoms with van der Waals surface area (Å²) in [7, 11) is 0. The van der Waals surface area contributed by atoms with E-state index in [9.17, 15) is 9.59 Å². The van der Waals surface area contributed by atoms with E-state index in [4.69, 9.17) is 5.11 Å². The van der Waals surface area contributed by atoms with Gasteiger partial charge in [-0.3, -0.25) is 9.36 Å². The molecule has 0 amide bonds. The zero-order chi connectivity index (χ0) is 13.3. The molecule has 0 fully saturated rings. The Kier molecular flexibility index (Phi) is 3.29. The third-order valence-electron chi connectivity index (χ3n) is 2.44. The van der Waals surface area contributed by atoms with E-state index >= 15 is 0 Å². The van der Waals surface area contributed by atoms with Crippen LogP contribution in [0.2, 0.25) is 0 Å². The second kappa shape index (κ2) is 4.73. The zero-order valence-corrected chi connectivity index (χ0v) is 10.8. The Morgan fingerprint density at radius 2 is 2.17 bits per heavy atom. The summed E-state index contributed by atoms with van der Waals surface area (Å²) in [5, 5.41) is 9.40. The smallest absolute Gasteiger partial charge is 0.337 e. The second-order valence-corrected chi connectivity index (χ2v) is 5.17. The zero-order valence-electron chi connectivity index (χ0n) is 9.95. The number of rotatable bonds is 3. The summed E-state index contributed by atoms with van der Waals surface area (Å²) in [6.45, 7) is 4.07. The molecule has 0 unspecified atom stereocenters. The van der Waals surface area contributed by atoms with E-state index in [1.165, 1.54) is 34.2 Å². The molecule has 2 heterocycles. The number of pyridine rings is 1. The van der Waals surface area contributed by atoms with E-state index in [0.29, 0.717) is 11.0 Å². The third kappa shape index (κ3) is 2.33. The predicted molar refractivity (Wildman–Crippen MR) is 68.8 cm³/mol. The van der Waals surface area contributed by atoms with Crippen molar-refractivity contribution in [3.63, 3.8) is 0 Å². The van der Waals surface area contributed by atoms with Gasteiger partial charge < -0.3 is 5.11 Å². The molecular weight excluding hydrogens is 252 g/mol. The number of carbonyl (C=O) groups is 1. The maximum Gasteiger partial charge on any atom is 0.337 e. The summed E-state index contributed by atoms with van der Waals surface area (Å²) in [6.07, 6.45) is 3.01. The third-order valence-corrected chi connectivity index (χ3v) is 3.74. The number of nitrogens with zero attached hydrogens (tertiary/aromatic N) is 2. The summed E-state index contributed by atoms with van der Waals surface area (Å²) in [6, 6.07) is 2.53. The fourth-order valence-electron chi connectivity index (χ4n) is 1.42. The van der Waals surface area contributed by atoms with Crippen molar-refractivity contribution in [1.82, 2.24) is 9.55 Å². The summed E-state index contributed by atoms with van der Waals surface area (Å²) in [5.74, 6) is -0.737. The van der Waals surface area contributed by atoms with Crippen LogP contribution in [0.5, 0.6) is 0 Å². The molecule has 1 N–H and O–H groups in total. The van der Waals surface area contributed by atoms with E-state index in [2.05, 4.69) is 4.98 Å². The molecule has 2 aromatic heterocycles.